The first kappa shape index (κ1) is 20.7. The molecule has 1 amide bonds. The SMILES string of the molecule is O=C(NC(C[AsH2])c1ccccc1C(F)(F)F)c1ccc(-c2ccnc3[nH]ccc23)s1. The summed E-state index contributed by atoms with van der Waals surface area (Å²) in [6.07, 6.45) is -0.980. The van der Waals surface area contributed by atoms with Crippen LogP contribution in [-0.4, -0.2) is 32.7 Å². The number of aromatic amines is 1. The van der Waals surface area contributed by atoms with Crippen LogP contribution < -0.4 is 5.32 Å². The van der Waals surface area contributed by atoms with Gasteiger partial charge in [0, 0.05) is 0 Å². The van der Waals surface area contributed by atoms with Gasteiger partial charge in [-0.25, -0.2) is 0 Å². The van der Waals surface area contributed by atoms with E-state index in [1.54, 1.807) is 24.5 Å². The fourth-order valence-electron chi connectivity index (χ4n) is 3.33. The number of nitrogens with one attached hydrogen (secondary N) is 2. The van der Waals surface area contributed by atoms with Crippen molar-refractivity contribution in [1.82, 2.24) is 15.3 Å². The predicted octanol–water partition coefficient (Wildman–Crippen LogP) is 4.83. The van der Waals surface area contributed by atoms with Crippen LogP contribution in [0.15, 0.2) is 60.9 Å². The summed E-state index contributed by atoms with van der Waals surface area (Å²) in [5.74, 6) is -0.384. The van der Waals surface area contributed by atoms with Crippen LogP contribution >= 0.6 is 11.3 Å². The van der Waals surface area contributed by atoms with Crippen molar-refractivity contribution >= 4 is 45.1 Å². The summed E-state index contributed by atoms with van der Waals surface area (Å²) in [5.41, 5.74) is 1.07. The van der Waals surface area contributed by atoms with E-state index < -0.39 is 17.8 Å². The summed E-state index contributed by atoms with van der Waals surface area (Å²) in [6, 6.07) is 12.0. The van der Waals surface area contributed by atoms with Crippen molar-refractivity contribution in [3.63, 3.8) is 0 Å². The molecule has 30 heavy (non-hydrogen) atoms. The Bertz CT molecular complexity index is 1200. The van der Waals surface area contributed by atoms with Crippen LogP contribution in [-0.2, 0) is 6.18 Å². The van der Waals surface area contributed by atoms with E-state index in [2.05, 4.69) is 15.3 Å². The zero-order valence-electron chi connectivity index (χ0n) is 15.5. The van der Waals surface area contributed by atoms with Crippen LogP contribution in [0.4, 0.5) is 13.2 Å². The first-order valence-electron chi connectivity index (χ1n) is 9.08. The van der Waals surface area contributed by atoms with Crippen molar-refractivity contribution in [2.75, 3.05) is 0 Å². The summed E-state index contributed by atoms with van der Waals surface area (Å²) in [7, 11) is 0. The van der Waals surface area contributed by atoms with E-state index in [0.29, 0.717) is 10.1 Å². The van der Waals surface area contributed by atoms with Gasteiger partial charge in [0.1, 0.15) is 0 Å². The number of alkyl halides is 3. The molecule has 0 bridgehead atoms. The van der Waals surface area contributed by atoms with Gasteiger partial charge in [-0.15, -0.1) is 0 Å². The number of nitrogens with zero attached hydrogens (tertiary/aromatic N) is 1. The van der Waals surface area contributed by atoms with Gasteiger partial charge in [0.05, 0.1) is 0 Å². The molecule has 9 heteroatoms. The number of carbonyl (C=O) groups is 1. The van der Waals surface area contributed by atoms with Crippen molar-refractivity contribution in [2.45, 2.75) is 17.4 Å². The second-order valence-corrected chi connectivity index (χ2v) is 8.68. The number of aromatic nitrogens is 2. The van der Waals surface area contributed by atoms with Crippen molar-refractivity contribution in [1.29, 1.82) is 0 Å². The fraction of sp³-hybridized carbons (Fsp3) is 0.143. The average molecular weight is 491 g/mol. The van der Waals surface area contributed by atoms with E-state index in [0.717, 1.165) is 27.5 Å². The number of fused-ring (bicyclic) bond motifs is 1. The predicted molar refractivity (Wildman–Crippen MR) is 114 cm³/mol. The minimum absolute atomic E-state index is 0.0858. The van der Waals surface area contributed by atoms with Crippen LogP contribution in [0.5, 0.6) is 0 Å². The number of hydrogen-bond acceptors (Lipinski definition) is 3. The zero-order valence-corrected chi connectivity index (χ0v) is 18.8. The van der Waals surface area contributed by atoms with Gasteiger partial charge in [-0.1, -0.05) is 0 Å². The van der Waals surface area contributed by atoms with Gasteiger partial charge in [0.15, 0.2) is 0 Å². The van der Waals surface area contributed by atoms with E-state index in [1.807, 2.05) is 18.2 Å². The second kappa shape index (κ2) is 8.28. The third-order valence-electron chi connectivity index (χ3n) is 4.74. The van der Waals surface area contributed by atoms with Gasteiger partial charge in [0.2, 0.25) is 0 Å². The van der Waals surface area contributed by atoms with E-state index in [-0.39, 0.29) is 11.5 Å². The molecule has 0 aliphatic carbocycles. The first-order valence-corrected chi connectivity index (χ1v) is 11.6. The molecule has 2 atom stereocenters. The molecule has 0 aliphatic rings. The molecule has 2 unspecified atom stereocenters. The number of thiophene rings is 1. The number of carbonyl (C=O) groups excluding carboxylic acids is 1. The molecule has 0 radical (unpaired) electrons. The molecule has 4 rings (SSSR count). The molecule has 0 spiro atoms. The summed E-state index contributed by atoms with van der Waals surface area (Å²) >= 11 is 2.55. The van der Waals surface area contributed by atoms with E-state index >= 15 is 0 Å². The fourth-order valence-corrected chi connectivity index (χ4v) is 5.06. The normalized spacial score (nSPS) is 12.8. The number of H-pyrrole nitrogens is 1. The Morgan fingerprint density at radius 1 is 1.17 bits per heavy atom. The quantitative estimate of drug-likeness (QED) is 0.393. The number of pyridine rings is 1. The van der Waals surface area contributed by atoms with E-state index in [1.165, 1.54) is 40.3 Å². The monoisotopic (exact) mass is 491 g/mol. The summed E-state index contributed by atoms with van der Waals surface area (Å²) in [4.78, 5) is 21.5. The number of amides is 1. The van der Waals surface area contributed by atoms with Crippen LogP contribution in [0.1, 0.15) is 26.8 Å². The van der Waals surface area contributed by atoms with Gasteiger partial charge in [-0.2, -0.15) is 0 Å². The third-order valence-corrected chi connectivity index (χ3v) is 6.84. The van der Waals surface area contributed by atoms with Crippen molar-refractivity contribution in [3.8, 4) is 10.4 Å². The molecule has 3 aromatic heterocycles. The molecule has 0 aliphatic heterocycles. The molecule has 1 aromatic carbocycles. The molecule has 4 aromatic rings. The molecule has 0 saturated heterocycles. The van der Waals surface area contributed by atoms with E-state index in [4.69, 9.17) is 0 Å². The Balaban J connectivity index is 1.60. The molecular weight excluding hydrogens is 474 g/mol. The van der Waals surface area contributed by atoms with Crippen molar-refractivity contribution in [3.05, 3.63) is 76.9 Å². The summed E-state index contributed by atoms with van der Waals surface area (Å²) in [5, 5.41) is 4.12. The molecule has 4 nitrogen and oxygen atoms in total. The van der Waals surface area contributed by atoms with Gasteiger partial charge in [-0.3, -0.25) is 0 Å². The van der Waals surface area contributed by atoms with Gasteiger partial charge in [0.25, 0.3) is 0 Å². The second-order valence-electron chi connectivity index (χ2n) is 6.61. The number of hydrogen-bond donors (Lipinski definition) is 2. The Hall–Kier alpha value is -2.57. The first-order chi connectivity index (χ1) is 14.4. The Morgan fingerprint density at radius 3 is 2.73 bits per heavy atom. The molecular formula is C21H17AsF3N3OS. The number of benzene rings is 1. The topological polar surface area (TPSA) is 57.8 Å². The Labute approximate surface area is 183 Å². The van der Waals surface area contributed by atoms with Gasteiger partial charge >= 0.3 is 183 Å². The maximum absolute atomic E-state index is 13.4. The van der Waals surface area contributed by atoms with Gasteiger partial charge < -0.3 is 0 Å². The zero-order chi connectivity index (χ0) is 21.3. The standard InChI is InChI=1S/C21H17AsF3N3OS/c22-11-16(14-3-1-2-4-15(14)21(23,24)25)28-20(29)18-6-5-17(30-18)12-7-9-26-19-13(12)8-10-27-19/h1-10,16H,11,22H2,(H,26,27)(H,28,29). The number of halogens is 3. The number of rotatable bonds is 5. The summed E-state index contributed by atoms with van der Waals surface area (Å²) in [6.45, 7) is 0. The Kier molecular flexibility index (Phi) is 5.71. The van der Waals surface area contributed by atoms with Crippen LogP contribution in [0.25, 0.3) is 21.5 Å². The van der Waals surface area contributed by atoms with Gasteiger partial charge in [-0.05, 0) is 0 Å². The van der Waals surface area contributed by atoms with Crippen molar-refractivity contribution in [2.24, 2.45) is 0 Å². The molecule has 2 N–H and O–H groups in total. The molecule has 3 heterocycles. The van der Waals surface area contributed by atoms with Crippen LogP contribution in [0.3, 0.4) is 0 Å². The molecule has 154 valence electrons. The van der Waals surface area contributed by atoms with Crippen LogP contribution in [0.2, 0.25) is 5.21 Å². The minimum atomic E-state index is -4.47. The maximum atomic E-state index is 13.4. The summed E-state index contributed by atoms with van der Waals surface area (Å²) < 4.78 is 40.2. The van der Waals surface area contributed by atoms with Crippen LogP contribution in [0, 0.1) is 0 Å². The average Bonchev–Trinajstić information content (AvgIpc) is 3.40. The molecule has 0 fully saturated rings. The van der Waals surface area contributed by atoms with Crippen molar-refractivity contribution < 1.29 is 18.0 Å². The Morgan fingerprint density at radius 2 is 1.97 bits per heavy atom. The van der Waals surface area contributed by atoms with E-state index in [9.17, 15) is 18.0 Å². The molecule has 0 saturated carbocycles. The third kappa shape index (κ3) is 4.02.